The number of aryl methyl sites for hydroxylation is 1. The van der Waals surface area contributed by atoms with Crippen LogP contribution >= 0.6 is 11.8 Å². The van der Waals surface area contributed by atoms with Gasteiger partial charge in [0.15, 0.2) is 0 Å². The van der Waals surface area contributed by atoms with Gasteiger partial charge in [0.05, 0.1) is 11.6 Å². The Labute approximate surface area is 107 Å². The van der Waals surface area contributed by atoms with Crippen molar-refractivity contribution in [1.29, 1.82) is 0 Å². The molecule has 0 atom stereocenters. The van der Waals surface area contributed by atoms with Crippen LogP contribution in [0.4, 0.5) is 0 Å². The Bertz CT molecular complexity index is 355. The van der Waals surface area contributed by atoms with Crippen molar-refractivity contribution in [2.45, 2.75) is 37.6 Å². The molecular formula is C13H19NO2S. The minimum Gasteiger partial charge on any atom is -0.466 e. The van der Waals surface area contributed by atoms with Gasteiger partial charge in [0.2, 0.25) is 0 Å². The number of hydrogen-bond donors (Lipinski definition) is 0. The molecule has 0 N–H and O–H groups in total. The number of ether oxygens (including phenoxy) is 1. The Hall–Kier alpha value is -1.03. The van der Waals surface area contributed by atoms with E-state index >= 15 is 0 Å². The third-order valence-corrected chi connectivity index (χ3v) is 3.05. The number of aromatic nitrogens is 1. The zero-order valence-electron chi connectivity index (χ0n) is 10.4. The van der Waals surface area contributed by atoms with E-state index < -0.39 is 0 Å². The first-order valence-corrected chi connectivity index (χ1v) is 7.13. The molecule has 0 amide bonds. The largest absolute Gasteiger partial charge is 0.466 e. The van der Waals surface area contributed by atoms with E-state index in [2.05, 4.69) is 11.1 Å². The normalized spacial score (nSPS) is 10.2. The minimum absolute atomic E-state index is 0.0907. The predicted molar refractivity (Wildman–Crippen MR) is 70.2 cm³/mol. The highest BCUT2D eigenvalue weighted by atomic mass is 32.2. The van der Waals surface area contributed by atoms with Crippen LogP contribution in [0.2, 0.25) is 0 Å². The molecule has 0 aliphatic carbocycles. The summed E-state index contributed by atoms with van der Waals surface area (Å²) in [6.07, 6.45) is 7.27. The average molecular weight is 253 g/mol. The van der Waals surface area contributed by atoms with Crippen LogP contribution in [0.1, 0.15) is 31.7 Å². The van der Waals surface area contributed by atoms with Gasteiger partial charge in [-0.3, -0.25) is 4.79 Å². The molecule has 1 aromatic rings. The summed E-state index contributed by atoms with van der Waals surface area (Å²) in [5.74, 6) is -0.0907. The van der Waals surface area contributed by atoms with Crippen molar-refractivity contribution in [3.05, 3.63) is 23.9 Å². The number of rotatable bonds is 7. The van der Waals surface area contributed by atoms with Crippen LogP contribution in [0, 0.1) is 0 Å². The fourth-order valence-corrected chi connectivity index (χ4v) is 1.98. The maximum atomic E-state index is 11.1. The SMILES string of the molecule is CCOC(=O)CCCCc1ccnc(SC)c1. The molecule has 1 aromatic heterocycles. The van der Waals surface area contributed by atoms with Gasteiger partial charge in [-0.2, -0.15) is 0 Å². The van der Waals surface area contributed by atoms with Gasteiger partial charge in [0.25, 0.3) is 0 Å². The van der Waals surface area contributed by atoms with Crippen LogP contribution in [0.25, 0.3) is 0 Å². The van der Waals surface area contributed by atoms with Crippen molar-refractivity contribution in [3.63, 3.8) is 0 Å². The molecule has 0 spiro atoms. The molecule has 0 saturated carbocycles. The Balaban J connectivity index is 2.24. The average Bonchev–Trinajstić information content (AvgIpc) is 2.35. The van der Waals surface area contributed by atoms with Gasteiger partial charge in [0, 0.05) is 12.6 Å². The summed E-state index contributed by atoms with van der Waals surface area (Å²) in [7, 11) is 0. The molecule has 0 saturated heterocycles. The number of hydrogen-bond acceptors (Lipinski definition) is 4. The molecule has 17 heavy (non-hydrogen) atoms. The molecule has 0 fully saturated rings. The first-order chi connectivity index (χ1) is 8.26. The van der Waals surface area contributed by atoms with Crippen molar-refractivity contribution >= 4 is 17.7 Å². The predicted octanol–water partition coefficient (Wildman–Crippen LogP) is 3.08. The highest BCUT2D eigenvalue weighted by molar-refractivity contribution is 7.98. The van der Waals surface area contributed by atoms with Crippen molar-refractivity contribution in [3.8, 4) is 0 Å². The van der Waals surface area contributed by atoms with Crippen molar-refractivity contribution in [2.24, 2.45) is 0 Å². The van der Waals surface area contributed by atoms with E-state index in [0.717, 1.165) is 24.3 Å². The van der Waals surface area contributed by atoms with E-state index in [4.69, 9.17) is 4.74 Å². The quantitative estimate of drug-likeness (QED) is 0.425. The van der Waals surface area contributed by atoms with Crippen LogP contribution in [-0.4, -0.2) is 23.8 Å². The van der Waals surface area contributed by atoms with Gasteiger partial charge >= 0.3 is 5.97 Å². The Kier molecular flexibility index (Phi) is 6.70. The van der Waals surface area contributed by atoms with E-state index in [-0.39, 0.29) is 5.97 Å². The van der Waals surface area contributed by atoms with Gasteiger partial charge in [0.1, 0.15) is 0 Å². The molecule has 0 radical (unpaired) electrons. The summed E-state index contributed by atoms with van der Waals surface area (Å²) in [6, 6.07) is 4.14. The van der Waals surface area contributed by atoms with Gasteiger partial charge < -0.3 is 4.74 Å². The van der Waals surface area contributed by atoms with Gasteiger partial charge in [-0.05, 0) is 50.1 Å². The summed E-state index contributed by atoms with van der Waals surface area (Å²) < 4.78 is 4.88. The second kappa shape index (κ2) is 8.12. The smallest absolute Gasteiger partial charge is 0.305 e. The third kappa shape index (κ3) is 5.73. The van der Waals surface area contributed by atoms with Crippen molar-refractivity contribution < 1.29 is 9.53 Å². The zero-order valence-corrected chi connectivity index (χ0v) is 11.3. The van der Waals surface area contributed by atoms with Gasteiger partial charge in [-0.15, -0.1) is 11.8 Å². The molecule has 0 aromatic carbocycles. The molecule has 0 unspecified atom stereocenters. The molecule has 1 heterocycles. The highest BCUT2D eigenvalue weighted by Gasteiger charge is 2.01. The van der Waals surface area contributed by atoms with Crippen molar-refractivity contribution in [2.75, 3.05) is 12.9 Å². The Morgan fingerprint density at radius 2 is 2.29 bits per heavy atom. The van der Waals surface area contributed by atoms with E-state index in [1.54, 1.807) is 11.8 Å². The molecule has 0 bridgehead atoms. The molecule has 0 aliphatic rings. The van der Waals surface area contributed by atoms with Gasteiger partial charge in [-0.1, -0.05) is 0 Å². The number of pyridine rings is 1. The summed E-state index contributed by atoms with van der Waals surface area (Å²) in [6.45, 7) is 2.30. The lowest BCUT2D eigenvalue weighted by atomic mass is 10.1. The summed E-state index contributed by atoms with van der Waals surface area (Å²) in [4.78, 5) is 15.3. The molecule has 3 nitrogen and oxygen atoms in total. The first kappa shape index (κ1) is 14.0. The van der Waals surface area contributed by atoms with Crippen LogP contribution in [0.15, 0.2) is 23.4 Å². The third-order valence-electron chi connectivity index (χ3n) is 2.41. The van der Waals surface area contributed by atoms with Crippen molar-refractivity contribution in [1.82, 2.24) is 4.98 Å². The maximum Gasteiger partial charge on any atom is 0.305 e. The van der Waals surface area contributed by atoms with E-state index in [0.29, 0.717) is 13.0 Å². The number of unbranched alkanes of at least 4 members (excludes halogenated alkanes) is 1. The van der Waals surface area contributed by atoms with E-state index in [9.17, 15) is 4.79 Å². The molecule has 94 valence electrons. The van der Waals surface area contributed by atoms with Crippen LogP contribution in [0.5, 0.6) is 0 Å². The number of nitrogens with zero attached hydrogens (tertiary/aromatic N) is 1. The second-order valence-electron chi connectivity index (χ2n) is 3.72. The lowest BCUT2D eigenvalue weighted by molar-refractivity contribution is -0.143. The Morgan fingerprint density at radius 3 is 3.00 bits per heavy atom. The fourth-order valence-electron chi connectivity index (χ4n) is 1.55. The highest BCUT2D eigenvalue weighted by Crippen LogP contribution is 2.14. The number of carbonyl (C=O) groups excluding carboxylic acids is 1. The zero-order chi connectivity index (χ0) is 12.5. The monoisotopic (exact) mass is 253 g/mol. The molecule has 1 rings (SSSR count). The first-order valence-electron chi connectivity index (χ1n) is 5.90. The standard InChI is InChI=1S/C13H19NO2S/c1-3-16-13(15)7-5-4-6-11-8-9-14-12(10-11)17-2/h8-10H,3-7H2,1-2H3. The van der Waals surface area contributed by atoms with Crippen LogP contribution in [-0.2, 0) is 16.0 Å². The number of carbonyl (C=O) groups is 1. The summed E-state index contributed by atoms with van der Waals surface area (Å²) in [5.41, 5.74) is 1.29. The van der Waals surface area contributed by atoms with Crippen LogP contribution in [0.3, 0.4) is 0 Å². The lowest BCUT2D eigenvalue weighted by Gasteiger charge is -2.03. The summed E-state index contributed by atoms with van der Waals surface area (Å²) in [5, 5.41) is 1.05. The number of esters is 1. The molecule has 0 aliphatic heterocycles. The minimum atomic E-state index is -0.0907. The molecular weight excluding hydrogens is 234 g/mol. The topological polar surface area (TPSA) is 39.2 Å². The van der Waals surface area contributed by atoms with Crippen LogP contribution < -0.4 is 0 Å². The lowest BCUT2D eigenvalue weighted by Crippen LogP contribution is -2.03. The maximum absolute atomic E-state index is 11.1. The van der Waals surface area contributed by atoms with E-state index in [1.807, 2.05) is 25.4 Å². The Morgan fingerprint density at radius 1 is 1.47 bits per heavy atom. The molecule has 4 heteroatoms. The number of thioether (sulfide) groups is 1. The summed E-state index contributed by atoms with van der Waals surface area (Å²) >= 11 is 1.65. The van der Waals surface area contributed by atoms with Gasteiger partial charge in [-0.25, -0.2) is 4.98 Å². The fraction of sp³-hybridized carbons (Fsp3) is 0.538. The van der Waals surface area contributed by atoms with E-state index in [1.165, 1.54) is 5.56 Å². The second-order valence-corrected chi connectivity index (χ2v) is 4.55.